The smallest absolute Gasteiger partial charge is 0.319 e. The molecular weight excluding hydrogens is 250 g/mol. The zero-order valence-corrected chi connectivity index (χ0v) is 10.9. The van der Waals surface area contributed by atoms with Crippen molar-refractivity contribution in [1.29, 1.82) is 0 Å². The number of anilines is 1. The summed E-state index contributed by atoms with van der Waals surface area (Å²) >= 11 is 0. The van der Waals surface area contributed by atoms with Gasteiger partial charge in [0.1, 0.15) is 11.4 Å². The topological polar surface area (TPSA) is 99.5 Å². The maximum absolute atomic E-state index is 11.7. The second kappa shape index (κ2) is 5.59. The summed E-state index contributed by atoms with van der Waals surface area (Å²) in [5.74, 6) is 0.562. The quantitative estimate of drug-likeness (QED) is 0.737. The average molecular weight is 267 g/mol. The molecule has 1 aliphatic rings. The average Bonchev–Trinajstić information content (AvgIpc) is 2.90. The van der Waals surface area contributed by atoms with Gasteiger partial charge in [-0.2, -0.15) is 0 Å². The molecule has 0 radical (unpaired) electrons. The molecule has 1 fully saturated rings. The van der Waals surface area contributed by atoms with Gasteiger partial charge in [-0.05, 0) is 13.8 Å². The first kappa shape index (κ1) is 13.2. The largest absolute Gasteiger partial charge is 0.359 e. The normalized spacial score (nSPS) is 14.4. The van der Waals surface area contributed by atoms with Crippen LogP contribution in [0.5, 0.6) is 0 Å². The highest BCUT2D eigenvalue weighted by molar-refractivity contribution is 5.90. The number of carbonyl (C=O) groups excluding carboxylic acids is 2. The molecule has 2 heterocycles. The van der Waals surface area contributed by atoms with E-state index >= 15 is 0 Å². The molecule has 4 amide bonds. The number of nitrogens with zero attached hydrogens (tertiary/aromatic N) is 2. The van der Waals surface area contributed by atoms with Crippen molar-refractivity contribution in [3.63, 3.8) is 0 Å². The van der Waals surface area contributed by atoms with Gasteiger partial charge in [-0.25, -0.2) is 9.59 Å². The van der Waals surface area contributed by atoms with Crippen LogP contribution >= 0.6 is 0 Å². The molecule has 8 heteroatoms. The fourth-order valence-corrected chi connectivity index (χ4v) is 1.85. The van der Waals surface area contributed by atoms with Crippen molar-refractivity contribution < 1.29 is 14.1 Å². The lowest BCUT2D eigenvalue weighted by molar-refractivity contribution is 0.216. The van der Waals surface area contributed by atoms with Gasteiger partial charge in [0.15, 0.2) is 5.76 Å². The van der Waals surface area contributed by atoms with Crippen molar-refractivity contribution in [2.45, 2.75) is 13.8 Å². The maximum atomic E-state index is 11.7. The van der Waals surface area contributed by atoms with E-state index in [-0.39, 0.29) is 12.1 Å². The fraction of sp³-hybridized carbons (Fsp3) is 0.545. The Kier molecular flexibility index (Phi) is 3.88. The lowest BCUT2D eigenvalue weighted by atomic mass is 10.3. The van der Waals surface area contributed by atoms with Crippen molar-refractivity contribution in [2.75, 3.05) is 31.5 Å². The van der Waals surface area contributed by atoms with Crippen molar-refractivity contribution in [2.24, 2.45) is 0 Å². The van der Waals surface area contributed by atoms with Crippen LogP contribution in [0.2, 0.25) is 0 Å². The standard InChI is InChI=1S/C11H17N5O3/c1-7-9(8(2)19-15-7)14-10(17)12-3-5-16-6-4-13-11(16)18/h3-6H2,1-2H3,(H,13,18)(H2,12,14,17). The van der Waals surface area contributed by atoms with Crippen LogP contribution in [0, 0.1) is 13.8 Å². The molecule has 19 heavy (non-hydrogen) atoms. The van der Waals surface area contributed by atoms with Crippen LogP contribution in [0.4, 0.5) is 15.3 Å². The van der Waals surface area contributed by atoms with Gasteiger partial charge in [-0.1, -0.05) is 5.16 Å². The van der Waals surface area contributed by atoms with Gasteiger partial charge in [0.2, 0.25) is 0 Å². The van der Waals surface area contributed by atoms with Crippen molar-refractivity contribution in [3.8, 4) is 0 Å². The minimum Gasteiger partial charge on any atom is -0.359 e. The zero-order valence-electron chi connectivity index (χ0n) is 10.9. The number of aromatic nitrogens is 1. The summed E-state index contributed by atoms with van der Waals surface area (Å²) in [6, 6.07) is -0.429. The molecule has 0 unspecified atom stereocenters. The molecule has 8 nitrogen and oxygen atoms in total. The van der Waals surface area contributed by atoms with E-state index in [0.29, 0.717) is 43.3 Å². The Morgan fingerprint density at radius 3 is 2.89 bits per heavy atom. The molecule has 1 aromatic rings. The van der Waals surface area contributed by atoms with Gasteiger partial charge in [0, 0.05) is 26.2 Å². The summed E-state index contributed by atoms with van der Waals surface area (Å²) < 4.78 is 4.94. The maximum Gasteiger partial charge on any atom is 0.319 e. The molecule has 1 saturated heterocycles. The summed E-state index contributed by atoms with van der Waals surface area (Å²) in [7, 11) is 0. The van der Waals surface area contributed by atoms with Gasteiger partial charge in [-0.15, -0.1) is 0 Å². The Hall–Kier alpha value is -2.25. The molecule has 0 atom stereocenters. The van der Waals surface area contributed by atoms with E-state index in [9.17, 15) is 9.59 Å². The zero-order chi connectivity index (χ0) is 13.8. The Bertz CT molecular complexity index is 465. The number of aryl methyl sites for hydroxylation is 2. The number of amides is 4. The molecule has 104 valence electrons. The van der Waals surface area contributed by atoms with Crippen LogP contribution in [-0.4, -0.2) is 48.3 Å². The fourth-order valence-electron chi connectivity index (χ4n) is 1.85. The van der Waals surface area contributed by atoms with E-state index in [1.54, 1.807) is 18.7 Å². The second-order valence-electron chi connectivity index (χ2n) is 4.30. The lowest BCUT2D eigenvalue weighted by Crippen LogP contribution is -2.38. The summed E-state index contributed by atoms with van der Waals surface area (Å²) in [5, 5.41) is 11.8. The third-order valence-electron chi connectivity index (χ3n) is 2.88. The molecule has 0 aromatic carbocycles. The molecule has 0 spiro atoms. The SMILES string of the molecule is Cc1noc(C)c1NC(=O)NCCN1CCNC1=O. The van der Waals surface area contributed by atoms with Gasteiger partial charge in [-0.3, -0.25) is 0 Å². The lowest BCUT2D eigenvalue weighted by Gasteiger charge is -2.14. The summed E-state index contributed by atoms with van der Waals surface area (Å²) in [6.45, 7) is 5.68. The van der Waals surface area contributed by atoms with Crippen LogP contribution in [0.15, 0.2) is 4.52 Å². The first-order chi connectivity index (χ1) is 9.08. The summed E-state index contributed by atoms with van der Waals surface area (Å²) in [4.78, 5) is 24.6. The van der Waals surface area contributed by atoms with Gasteiger partial charge in [0.05, 0.1) is 0 Å². The van der Waals surface area contributed by atoms with E-state index in [1.165, 1.54) is 0 Å². The van der Waals surface area contributed by atoms with E-state index in [2.05, 4.69) is 21.1 Å². The molecule has 2 rings (SSSR count). The Labute approximate surface area is 110 Å². The second-order valence-corrected chi connectivity index (χ2v) is 4.30. The first-order valence-electron chi connectivity index (χ1n) is 6.08. The van der Waals surface area contributed by atoms with Crippen LogP contribution in [0.1, 0.15) is 11.5 Å². The number of nitrogens with one attached hydrogen (secondary N) is 3. The molecule has 0 bridgehead atoms. The molecule has 0 aliphatic carbocycles. The molecular formula is C11H17N5O3. The number of rotatable bonds is 4. The van der Waals surface area contributed by atoms with Crippen molar-refractivity contribution >= 4 is 17.7 Å². The van der Waals surface area contributed by atoms with Crippen LogP contribution in [0.25, 0.3) is 0 Å². The van der Waals surface area contributed by atoms with Crippen LogP contribution < -0.4 is 16.0 Å². The van der Waals surface area contributed by atoms with Crippen molar-refractivity contribution in [1.82, 2.24) is 20.7 Å². The summed E-state index contributed by atoms with van der Waals surface area (Å²) in [6.07, 6.45) is 0. The third kappa shape index (κ3) is 3.15. The van der Waals surface area contributed by atoms with Gasteiger partial charge < -0.3 is 25.4 Å². The predicted octanol–water partition coefficient (Wildman–Crippen LogP) is 0.438. The van der Waals surface area contributed by atoms with E-state index in [0.717, 1.165) is 0 Å². The Morgan fingerprint density at radius 1 is 1.53 bits per heavy atom. The van der Waals surface area contributed by atoms with Crippen LogP contribution in [0.3, 0.4) is 0 Å². The molecule has 3 N–H and O–H groups in total. The van der Waals surface area contributed by atoms with E-state index in [4.69, 9.17) is 4.52 Å². The minimum absolute atomic E-state index is 0.0899. The number of hydrogen-bond acceptors (Lipinski definition) is 4. The predicted molar refractivity (Wildman–Crippen MR) is 68.0 cm³/mol. The number of hydrogen-bond donors (Lipinski definition) is 3. The van der Waals surface area contributed by atoms with Gasteiger partial charge in [0.25, 0.3) is 0 Å². The number of carbonyl (C=O) groups is 2. The van der Waals surface area contributed by atoms with Gasteiger partial charge >= 0.3 is 12.1 Å². The van der Waals surface area contributed by atoms with E-state index < -0.39 is 0 Å². The van der Waals surface area contributed by atoms with E-state index in [1.807, 2.05) is 0 Å². The Morgan fingerprint density at radius 2 is 2.32 bits per heavy atom. The molecule has 1 aromatic heterocycles. The first-order valence-corrected chi connectivity index (χ1v) is 6.08. The summed E-state index contributed by atoms with van der Waals surface area (Å²) in [5.41, 5.74) is 1.21. The van der Waals surface area contributed by atoms with Crippen molar-refractivity contribution in [3.05, 3.63) is 11.5 Å². The van der Waals surface area contributed by atoms with Crippen LogP contribution in [-0.2, 0) is 0 Å². The Balaban J connectivity index is 1.74. The molecule has 0 saturated carbocycles. The number of urea groups is 2. The third-order valence-corrected chi connectivity index (χ3v) is 2.88. The minimum atomic E-state index is -0.339. The molecule has 1 aliphatic heterocycles. The highest BCUT2D eigenvalue weighted by Crippen LogP contribution is 2.18. The monoisotopic (exact) mass is 267 g/mol. The highest BCUT2D eigenvalue weighted by atomic mass is 16.5. The highest BCUT2D eigenvalue weighted by Gasteiger charge is 2.19.